The van der Waals surface area contributed by atoms with Crippen molar-refractivity contribution < 1.29 is 0 Å². The van der Waals surface area contributed by atoms with Crippen molar-refractivity contribution in [2.24, 2.45) is 0 Å². The van der Waals surface area contributed by atoms with Crippen LogP contribution in [0.1, 0.15) is 0 Å². The van der Waals surface area contributed by atoms with Gasteiger partial charge in [0.15, 0.2) is 5.65 Å². The quantitative estimate of drug-likeness (QED) is 0.541. The zero-order valence-corrected chi connectivity index (χ0v) is 10.5. The largest absolute Gasteiger partial charge is 0.345 e. The lowest BCUT2D eigenvalue weighted by Crippen LogP contribution is -1.92. The van der Waals surface area contributed by atoms with Crippen molar-refractivity contribution in [3.63, 3.8) is 0 Å². The van der Waals surface area contributed by atoms with Crippen LogP contribution in [0.25, 0.3) is 27.9 Å². The van der Waals surface area contributed by atoms with Gasteiger partial charge in [-0.1, -0.05) is 11.6 Å². The molecule has 6 heteroatoms. The summed E-state index contributed by atoms with van der Waals surface area (Å²) in [5, 5.41) is 5.99. The molecule has 0 saturated carbocycles. The molecule has 0 aromatic carbocycles. The number of pyridine rings is 1. The molecule has 4 rings (SSSR count). The van der Waals surface area contributed by atoms with Gasteiger partial charge in [0.25, 0.3) is 0 Å². The van der Waals surface area contributed by atoms with E-state index in [0.29, 0.717) is 5.15 Å². The van der Waals surface area contributed by atoms with Gasteiger partial charge >= 0.3 is 0 Å². The van der Waals surface area contributed by atoms with Gasteiger partial charge in [-0.15, -0.1) is 0 Å². The third kappa shape index (κ3) is 1.59. The standard InChI is InChI=1S/C13H8ClN5/c14-11-3-1-8-9(7-16-13(8)17-11)10-2-4-12-15-5-6-19(12)18-10/h1-7H,(H,16,17). The number of halogens is 1. The highest BCUT2D eigenvalue weighted by Gasteiger charge is 2.09. The van der Waals surface area contributed by atoms with Crippen LogP contribution in [-0.4, -0.2) is 24.6 Å². The van der Waals surface area contributed by atoms with Crippen LogP contribution in [0.5, 0.6) is 0 Å². The molecule has 4 aromatic rings. The van der Waals surface area contributed by atoms with Gasteiger partial charge in [0, 0.05) is 29.5 Å². The molecule has 0 aliphatic heterocycles. The summed E-state index contributed by atoms with van der Waals surface area (Å²) in [5.74, 6) is 0. The highest BCUT2D eigenvalue weighted by Crippen LogP contribution is 2.27. The van der Waals surface area contributed by atoms with Crippen LogP contribution >= 0.6 is 11.6 Å². The van der Waals surface area contributed by atoms with E-state index in [1.54, 1.807) is 16.8 Å². The van der Waals surface area contributed by atoms with E-state index in [4.69, 9.17) is 11.6 Å². The van der Waals surface area contributed by atoms with E-state index < -0.39 is 0 Å². The van der Waals surface area contributed by atoms with E-state index >= 15 is 0 Å². The molecule has 0 bridgehead atoms. The van der Waals surface area contributed by atoms with E-state index in [0.717, 1.165) is 27.9 Å². The second-order valence-corrected chi connectivity index (χ2v) is 4.57. The molecule has 4 heterocycles. The lowest BCUT2D eigenvalue weighted by Gasteiger charge is -2.00. The van der Waals surface area contributed by atoms with Gasteiger partial charge in [0.2, 0.25) is 0 Å². The monoisotopic (exact) mass is 269 g/mol. The molecule has 0 spiro atoms. The predicted molar refractivity (Wildman–Crippen MR) is 73.1 cm³/mol. The lowest BCUT2D eigenvalue weighted by molar-refractivity contribution is 0.943. The number of H-pyrrole nitrogens is 1. The van der Waals surface area contributed by atoms with Gasteiger partial charge in [-0.3, -0.25) is 0 Å². The number of nitrogens with one attached hydrogen (secondary N) is 1. The van der Waals surface area contributed by atoms with Gasteiger partial charge in [0.1, 0.15) is 10.8 Å². The van der Waals surface area contributed by atoms with Crippen molar-refractivity contribution in [2.75, 3.05) is 0 Å². The summed E-state index contributed by atoms with van der Waals surface area (Å²) in [4.78, 5) is 11.5. The summed E-state index contributed by atoms with van der Waals surface area (Å²) in [7, 11) is 0. The van der Waals surface area contributed by atoms with Crippen LogP contribution in [-0.2, 0) is 0 Å². The maximum absolute atomic E-state index is 5.88. The van der Waals surface area contributed by atoms with Crippen molar-refractivity contribution >= 4 is 28.3 Å². The van der Waals surface area contributed by atoms with Gasteiger partial charge in [-0.05, 0) is 24.3 Å². The Hall–Kier alpha value is -2.40. The van der Waals surface area contributed by atoms with Crippen LogP contribution in [0.15, 0.2) is 42.9 Å². The molecule has 0 saturated heterocycles. The summed E-state index contributed by atoms with van der Waals surface area (Å²) >= 11 is 5.88. The molecule has 0 aliphatic rings. The normalized spacial score (nSPS) is 11.4. The number of nitrogens with zero attached hydrogens (tertiary/aromatic N) is 4. The number of fused-ring (bicyclic) bond motifs is 2. The SMILES string of the molecule is Clc1ccc2c(-c3ccc4nccn4n3)c[nH]c2n1. The maximum atomic E-state index is 5.88. The van der Waals surface area contributed by atoms with E-state index in [2.05, 4.69) is 20.1 Å². The smallest absolute Gasteiger partial charge is 0.153 e. The van der Waals surface area contributed by atoms with Crippen molar-refractivity contribution in [3.8, 4) is 11.3 Å². The minimum atomic E-state index is 0.471. The van der Waals surface area contributed by atoms with E-state index in [9.17, 15) is 0 Å². The molecule has 5 nitrogen and oxygen atoms in total. The zero-order valence-electron chi connectivity index (χ0n) is 9.71. The minimum absolute atomic E-state index is 0.471. The number of imidazole rings is 1. The summed E-state index contributed by atoms with van der Waals surface area (Å²) in [6.07, 6.45) is 5.44. The van der Waals surface area contributed by atoms with Crippen LogP contribution in [0.3, 0.4) is 0 Å². The Morgan fingerprint density at radius 3 is 3.05 bits per heavy atom. The average molecular weight is 270 g/mol. The van der Waals surface area contributed by atoms with E-state index in [-0.39, 0.29) is 0 Å². The molecule has 0 aliphatic carbocycles. The van der Waals surface area contributed by atoms with Crippen LogP contribution in [0.4, 0.5) is 0 Å². The maximum Gasteiger partial charge on any atom is 0.153 e. The Bertz CT molecular complexity index is 892. The first-order valence-electron chi connectivity index (χ1n) is 5.76. The Balaban J connectivity index is 1.97. The first kappa shape index (κ1) is 10.5. The third-order valence-corrected chi connectivity index (χ3v) is 3.25. The van der Waals surface area contributed by atoms with E-state index in [1.165, 1.54) is 0 Å². The van der Waals surface area contributed by atoms with Crippen LogP contribution < -0.4 is 0 Å². The second-order valence-electron chi connectivity index (χ2n) is 4.18. The first-order chi connectivity index (χ1) is 9.31. The third-order valence-electron chi connectivity index (χ3n) is 3.04. The highest BCUT2D eigenvalue weighted by molar-refractivity contribution is 6.29. The van der Waals surface area contributed by atoms with Crippen molar-refractivity contribution in [1.29, 1.82) is 0 Å². The van der Waals surface area contributed by atoms with Gasteiger partial charge in [0.05, 0.1) is 5.69 Å². The topological polar surface area (TPSA) is 58.9 Å². The van der Waals surface area contributed by atoms with Crippen molar-refractivity contribution in [2.45, 2.75) is 0 Å². The molecule has 1 N–H and O–H groups in total. The van der Waals surface area contributed by atoms with Gasteiger partial charge in [-0.2, -0.15) is 5.10 Å². The number of aromatic amines is 1. The Morgan fingerprint density at radius 1 is 1.16 bits per heavy atom. The van der Waals surface area contributed by atoms with Crippen molar-refractivity contribution in [1.82, 2.24) is 24.6 Å². The van der Waals surface area contributed by atoms with Crippen molar-refractivity contribution in [3.05, 3.63) is 48.0 Å². The molecule has 0 amide bonds. The van der Waals surface area contributed by atoms with Gasteiger partial charge in [-0.25, -0.2) is 14.5 Å². The van der Waals surface area contributed by atoms with E-state index in [1.807, 2.05) is 30.6 Å². The number of hydrogen-bond acceptors (Lipinski definition) is 3. The fraction of sp³-hybridized carbons (Fsp3) is 0. The summed E-state index contributed by atoms with van der Waals surface area (Å²) in [5.41, 5.74) is 3.44. The molecule has 0 fully saturated rings. The fourth-order valence-corrected chi connectivity index (χ4v) is 2.30. The highest BCUT2D eigenvalue weighted by atomic mass is 35.5. The molecule has 4 aromatic heterocycles. The number of aromatic nitrogens is 5. The average Bonchev–Trinajstić information content (AvgIpc) is 3.02. The molecular weight excluding hydrogens is 262 g/mol. The lowest BCUT2D eigenvalue weighted by atomic mass is 10.1. The molecule has 0 radical (unpaired) electrons. The Labute approximate surface area is 112 Å². The first-order valence-corrected chi connectivity index (χ1v) is 6.13. The summed E-state index contributed by atoms with van der Waals surface area (Å²) in [6, 6.07) is 7.59. The Kier molecular flexibility index (Phi) is 2.10. The zero-order chi connectivity index (χ0) is 12.8. The number of rotatable bonds is 1. The molecule has 19 heavy (non-hydrogen) atoms. The number of hydrogen-bond donors (Lipinski definition) is 1. The molecule has 0 atom stereocenters. The molecular formula is C13H8ClN5. The van der Waals surface area contributed by atoms with Crippen LogP contribution in [0.2, 0.25) is 5.15 Å². The second kappa shape index (κ2) is 3.80. The fourth-order valence-electron chi connectivity index (χ4n) is 2.15. The van der Waals surface area contributed by atoms with Gasteiger partial charge < -0.3 is 4.98 Å². The Morgan fingerprint density at radius 2 is 2.11 bits per heavy atom. The summed E-state index contributed by atoms with van der Waals surface area (Å²) in [6.45, 7) is 0. The summed E-state index contributed by atoms with van der Waals surface area (Å²) < 4.78 is 1.75. The predicted octanol–water partition coefficient (Wildman–Crippen LogP) is 2.93. The van der Waals surface area contributed by atoms with Crippen LogP contribution in [0, 0.1) is 0 Å². The molecule has 0 unspecified atom stereocenters. The minimum Gasteiger partial charge on any atom is -0.345 e. The molecule has 92 valence electrons.